The number of carbonyl (C=O) groups is 1. The summed E-state index contributed by atoms with van der Waals surface area (Å²) in [5, 5.41) is 0.590. The van der Waals surface area contributed by atoms with Crippen LogP contribution in [-0.4, -0.2) is 60.0 Å². The van der Waals surface area contributed by atoms with Crippen molar-refractivity contribution >= 4 is 28.4 Å². The Kier molecular flexibility index (Phi) is 6.02. The Morgan fingerprint density at radius 1 is 0.941 bits per heavy atom. The van der Waals surface area contributed by atoms with Gasteiger partial charge in [-0.15, -0.1) is 0 Å². The highest BCUT2D eigenvalue weighted by Crippen LogP contribution is 2.39. The maximum atomic E-state index is 13.1. The smallest absolute Gasteiger partial charge is 0.260 e. The number of anilines is 2. The number of piperazine rings is 1. The van der Waals surface area contributed by atoms with Crippen LogP contribution in [0.5, 0.6) is 0 Å². The number of aromatic amines is 1. The number of aromatic nitrogens is 2. The summed E-state index contributed by atoms with van der Waals surface area (Å²) in [4.78, 5) is 39.4. The summed E-state index contributed by atoms with van der Waals surface area (Å²) in [6, 6.07) is 15.5. The van der Waals surface area contributed by atoms with E-state index in [4.69, 9.17) is 0 Å². The number of nitrogens with one attached hydrogen (secondary N) is 1. The van der Waals surface area contributed by atoms with Gasteiger partial charge in [0.15, 0.2) is 0 Å². The van der Waals surface area contributed by atoms with Crippen LogP contribution in [0.3, 0.4) is 0 Å². The Bertz CT molecular complexity index is 1220. The number of H-pyrrole nitrogens is 1. The average Bonchev–Trinajstić information content (AvgIpc) is 3.34. The molecule has 0 unspecified atom stereocenters. The molecule has 0 atom stereocenters. The summed E-state index contributed by atoms with van der Waals surface area (Å²) in [6.45, 7) is 9.23. The van der Waals surface area contributed by atoms with Crippen LogP contribution < -0.4 is 15.4 Å². The molecule has 1 amide bonds. The van der Waals surface area contributed by atoms with E-state index in [9.17, 15) is 9.59 Å². The second-order valence-corrected chi connectivity index (χ2v) is 9.61. The van der Waals surface area contributed by atoms with Gasteiger partial charge >= 0.3 is 0 Å². The van der Waals surface area contributed by atoms with E-state index >= 15 is 0 Å². The number of hydrogen-bond acceptors (Lipinski definition) is 5. The lowest BCUT2D eigenvalue weighted by Crippen LogP contribution is -2.49. The fraction of sp³-hybridized carbons (Fsp3) is 0.444. The van der Waals surface area contributed by atoms with Crippen molar-refractivity contribution in [2.45, 2.75) is 33.1 Å². The van der Waals surface area contributed by atoms with Gasteiger partial charge in [-0.05, 0) is 61.1 Å². The average molecular weight is 460 g/mol. The zero-order valence-corrected chi connectivity index (χ0v) is 20.1. The molecule has 7 nitrogen and oxygen atoms in total. The van der Waals surface area contributed by atoms with Crippen LogP contribution in [0.1, 0.15) is 43.5 Å². The van der Waals surface area contributed by atoms with Crippen LogP contribution in [0.2, 0.25) is 0 Å². The molecule has 0 radical (unpaired) electrons. The molecule has 34 heavy (non-hydrogen) atoms. The maximum absolute atomic E-state index is 13.1. The molecular weight excluding hydrogens is 426 g/mol. The van der Waals surface area contributed by atoms with Gasteiger partial charge in [0.2, 0.25) is 5.95 Å². The number of nitrogens with zero attached hydrogens (tertiary/aromatic N) is 4. The first kappa shape index (κ1) is 22.4. The number of rotatable bonds is 5. The van der Waals surface area contributed by atoms with E-state index in [0.717, 1.165) is 18.7 Å². The Morgan fingerprint density at radius 3 is 2.32 bits per heavy atom. The third-order valence-electron chi connectivity index (χ3n) is 7.88. The minimum Gasteiger partial charge on any atom is -0.371 e. The monoisotopic (exact) mass is 459 g/mol. The van der Waals surface area contributed by atoms with Gasteiger partial charge in [0.1, 0.15) is 0 Å². The highest BCUT2D eigenvalue weighted by atomic mass is 16.2. The molecule has 178 valence electrons. The normalized spacial score (nSPS) is 18.0. The van der Waals surface area contributed by atoms with Crippen LogP contribution in [0.15, 0.2) is 53.3 Å². The van der Waals surface area contributed by atoms with Gasteiger partial charge in [0, 0.05) is 50.5 Å². The Labute approximate surface area is 200 Å². The number of carbonyl (C=O) groups excluding carboxylic acids is 1. The van der Waals surface area contributed by atoms with Gasteiger partial charge in [-0.25, -0.2) is 4.98 Å². The van der Waals surface area contributed by atoms with Gasteiger partial charge in [-0.3, -0.25) is 14.6 Å². The van der Waals surface area contributed by atoms with Crippen molar-refractivity contribution in [3.63, 3.8) is 0 Å². The van der Waals surface area contributed by atoms with Crippen molar-refractivity contribution in [1.29, 1.82) is 0 Å². The van der Waals surface area contributed by atoms with Crippen molar-refractivity contribution < 1.29 is 4.79 Å². The molecule has 2 aromatic carbocycles. The van der Waals surface area contributed by atoms with Gasteiger partial charge in [-0.1, -0.05) is 26.0 Å². The SMILES string of the molecule is CCC1(CC)CCN(c2ccc(C(=O)N3CCN(c4nc5ccccc5c(=O)[nH]4)CC3)cc2)C1. The molecule has 2 aliphatic heterocycles. The molecule has 0 spiro atoms. The molecule has 7 heteroatoms. The Morgan fingerprint density at radius 2 is 1.65 bits per heavy atom. The van der Waals surface area contributed by atoms with Crippen LogP contribution in [0.4, 0.5) is 11.6 Å². The fourth-order valence-electron chi connectivity index (χ4n) is 5.33. The third-order valence-corrected chi connectivity index (χ3v) is 7.88. The quantitative estimate of drug-likeness (QED) is 0.627. The lowest BCUT2D eigenvalue weighted by molar-refractivity contribution is 0.0746. The largest absolute Gasteiger partial charge is 0.371 e. The maximum Gasteiger partial charge on any atom is 0.260 e. The first-order valence-corrected chi connectivity index (χ1v) is 12.4. The standard InChI is InChI=1S/C27H33N5O2/c1-3-27(4-2)13-14-32(19-27)21-11-9-20(10-12-21)25(34)30-15-17-31(18-16-30)26-28-23-8-6-5-7-22(23)24(33)29-26/h5-12H,3-4,13-19H2,1-2H3,(H,28,29,33). The molecule has 1 N–H and O–H groups in total. The van der Waals surface area contributed by atoms with Crippen LogP contribution in [0, 0.1) is 5.41 Å². The molecule has 3 heterocycles. The Hall–Kier alpha value is -3.35. The van der Waals surface area contributed by atoms with Crippen molar-refractivity contribution in [3.8, 4) is 0 Å². The molecule has 0 saturated carbocycles. The zero-order valence-electron chi connectivity index (χ0n) is 20.1. The molecule has 0 bridgehead atoms. The number of para-hydroxylation sites is 1. The topological polar surface area (TPSA) is 72.5 Å². The lowest BCUT2D eigenvalue weighted by atomic mass is 9.82. The number of amides is 1. The van der Waals surface area contributed by atoms with Crippen molar-refractivity contribution in [2.24, 2.45) is 5.41 Å². The molecule has 3 aromatic rings. The number of hydrogen-bond donors (Lipinski definition) is 1. The highest BCUT2D eigenvalue weighted by molar-refractivity contribution is 5.94. The van der Waals surface area contributed by atoms with Crippen molar-refractivity contribution in [1.82, 2.24) is 14.9 Å². The van der Waals surface area contributed by atoms with E-state index in [1.54, 1.807) is 6.07 Å². The summed E-state index contributed by atoms with van der Waals surface area (Å²) in [6.07, 6.45) is 3.67. The van der Waals surface area contributed by atoms with Crippen molar-refractivity contribution in [3.05, 3.63) is 64.4 Å². The van der Waals surface area contributed by atoms with Crippen LogP contribution in [-0.2, 0) is 0 Å². The summed E-state index contributed by atoms with van der Waals surface area (Å²) in [7, 11) is 0. The van der Waals surface area contributed by atoms with Crippen LogP contribution in [0.25, 0.3) is 10.9 Å². The molecule has 0 aliphatic carbocycles. The number of benzene rings is 2. The molecular formula is C27H33N5O2. The molecule has 2 aliphatic rings. The van der Waals surface area contributed by atoms with E-state index < -0.39 is 0 Å². The minimum atomic E-state index is -0.132. The molecule has 2 saturated heterocycles. The first-order chi connectivity index (χ1) is 16.5. The zero-order chi connectivity index (χ0) is 23.7. The summed E-state index contributed by atoms with van der Waals surface area (Å²) < 4.78 is 0. The summed E-state index contributed by atoms with van der Waals surface area (Å²) in [5.41, 5.74) is 2.92. The van der Waals surface area contributed by atoms with Gasteiger partial charge in [0.05, 0.1) is 10.9 Å². The lowest BCUT2D eigenvalue weighted by Gasteiger charge is -2.35. The molecule has 1 aromatic heterocycles. The summed E-state index contributed by atoms with van der Waals surface area (Å²) in [5.74, 6) is 0.630. The predicted molar refractivity (Wildman–Crippen MR) is 137 cm³/mol. The first-order valence-electron chi connectivity index (χ1n) is 12.4. The van der Waals surface area contributed by atoms with Gasteiger partial charge in [-0.2, -0.15) is 0 Å². The van der Waals surface area contributed by atoms with Gasteiger partial charge in [0.25, 0.3) is 11.5 Å². The Balaban J connectivity index is 1.22. The minimum absolute atomic E-state index is 0.0593. The van der Waals surface area contributed by atoms with Crippen LogP contribution >= 0.6 is 0 Å². The second-order valence-electron chi connectivity index (χ2n) is 9.61. The fourth-order valence-corrected chi connectivity index (χ4v) is 5.33. The summed E-state index contributed by atoms with van der Waals surface area (Å²) >= 11 is 0. The molecule has 2 fully saturated rings. The van der Waals surface area contributed by atoms with Gasteiger partial charge < -0.3 is 14.7 Å². The molecule has 5 rings (SSSR count). The second kappa shape index (κ2) is 9.12. The van der Waals surface area contributed by atoms with E-state index in [1.165, 1.54) is 24.9 Å². The third kappa shape index (κ3) is 4.15. The highest BCUT2D eigenvalue weighted by Gasteiger charge is 2.35. The van der Waals surface area contributed by atoms with Crippen molar-refractivity contribution in [2.75, 3.05) is 49.1 Å². The van der Waals surface area contributed by atoms with E-state index in [0.29, 0.717) is 48.4 Å². The van der Waals surface area contributed by atoms with E-state index in [1.807, 2.05) is 40.1 Å². The van der Waals surface area contributed by atoms with E-state index in [2.05, 4.69) is 40.8 Å². The number of fused-ring (bicyclic) bond motifs is 1. The predicted octanol–water partition coefficient (Wildman–Crippen LogP) is 3.90. The van der Waals surface area contributed by atoms with E-state index in [-0.39, 0.29) is 11.5 Å².